The molecule has 0 aliphatic rings. The van der Waals surface area contributed by atoms with E-state index in [0.717, 1.165) is 29.6 Å². The Labute approximate surface area is 137 Å². The van der Waals surface area contributed by atoms with Gasteiger partial charge in [-0.15, -0.1) is 0 Å². The van der Waals surface area contributed by atoms with E-state index < -0.39 is 0 Å². The monoisotopic (exact) mass is 320 g/mol. The van der Waals surface area contributed by atoms with E-state index in [1.807, 2.05) is 41.5 Å². The Morgan fingerprint density at radius 2 is 2.09 bits per heavy atom. The van der Waals surface area contributed by atoms with Gasteiger partial charge in [-0.25, -0.2) is 0 Å². The molecule has 120 valence electrons. The third kappa shape index (κ3) is 3.65. The van der Waals surface area contributed by atoms with Crippen LogP contribution in [0.15, 0.2) is 12.4 Å². The smallest absolute Gasteiger partial charge is 0.169 e. The zero-order valence-corrected chi connectivity index (χ0v) is 14.7. The highest BCUT2D eigenvalue weighted by Gasteiger charge is 2.11. The molecular weight excluding hydrogens is 296 g/mol. The average Bonchev–Trinajstić information content (AvgIpc) is 3.01. The number of nitrogens with zero attached hydrogens (tertiary/aromatic N) is 5. The van der Waals surface area contributed by atoms with Crippen LogP contribution in [0.2, 0.25) is 0 Å². The summed E-state index contributed by atoms with van der Waals surface area (Å²) in [6.07, 6.45) is 3.96. The SMILES string of the molecule is CCn1cc(CNC(=S)N(C)Cc2cnn(C)c2C)c(C)n1. The predicted molar refractivity (Wildman–Crippen MR) is 91.5 cm³/mol. The van der Waals surface area contributed by atoms with Gasteiger partial charge in [0.05, 0.1) is 11.9 Å². The van der Waals surface area contributed by atoms with Crippen LogP contribution in [0.3, 0.4) is 0 Å². The summed E-state index contributed by atoms with van der Waals surface area (Å²) in [4.78, 5) is 2.03. The van der Waals surface area contributed by atoms with E-state index in [9.17, 15) is 0 Å². The Hall–Kier alpha value is -1.89. The van der Waals surface area contributed by atoms with Crippen LogP contribution in [0, 0.1) is 13.8 Å². The predicted octanol–water partition coefficient (Wildman–Crippen LogP) is 1.76. The van der Waals surface area contributed by atoms with Crippen molar-refractivity contribution in [3.05, 3.63) is 34.9 Å². The van der Waals surface area contributed by atoms with Gasteiger partial charge in [0.25, 0.3) is 0 Å². The number of aryl methyl sites for hydroxylation is 3. The van der Waals surface area contributed by atoms with Crippen molar-refractivity contribution in [1.82, 2.24) is 29.8 Å². The molecule has 1 N–H and O–H groups in total. The van der Waals surface area contributed by atoms with E-state index in [0.29, 0.717) is 6.54 Å². The number of nitrogens with one attached hydrogen (secondary N) is 1. The number of hydrogen-bond donors (Lipinski definition) is 1. The first-order valence-corrected chi connectivity index (χ1v) is 7.82. The van der Waals surface area contributed by atoms with E-state index >= 15 is 0 Å². The maximum absolute atomic E-state index is 5.46. The number of rotatable bonds is 5. The lowest BCUT2D eigenvalue weighted by molar-refractivity contribution is 0.487. The van der Waals surface area contributed by atoms with Gasteiger partial charge in [-0.05, 0) is 33.0 Å². The van der Waals surface area contributed by atoms with Crippen LogP contribution in [0.5, 0.6) is 0 Å². The Kier molecular flexibility index (Phi) is 5.18. The summed E-state index contributed by atoms with van der Waals surface area (Å²) in [6.45, 7) is 8.49. The maximum atomic E-state index is 5.46. The van der Waals surface area contributed by atoms with Crippen molar-refractivity contribution in [1.29, 1.82) is 0 Å². The van der Waals surface area contributed by atoms with Gasteiger partial charge in [-0.1, -0.05) is 0 Å². The lowest BCUT2D eigenvalue weighted by Crippen LogP contribution is -2.36. The average molecular weight is 320 g/mol. The number of aromatic nitrogens is 4. The van der Waals surface area contributed by atoms with Crippen molar-refractivity contribution in [3.63, 3.8) is 0 Å². The molecule has 0 saturated carbocycles. The van der Waals surface area contributed by atoms with Crippen LogP contribution < -0.4 is 5.32 Å². The first-order valence-electron chi connectivity index (χ1n) is 7.41. The Morgan fingerprint density at radius 3 is 2.64 bits per heavy atom. The van der Waals surface area contributed by atoms with Gasteiger partial charge in [-0.2, -0.15) is 10.2 Å². The summed E-state index contributed by atoms with van der Waals surface area (Å²) >= 11 is 5.46. The van der Waals surface area contributed by atoms with E-state index in [1.54, 1.807) is 0 Å². The Balaban J connectivity index is 1.91. The molecule has 0 unspecified atom stereocenters. The molecule has 0 aliphatic carbocycles. The van der Waals surface area contributed by atoms with Crippen molar-refractivity contribution >= 4 is 17.3 Å². The minimum absolute atomic E-state index is 0.695. The van der Waals surface area contributed by atoms with Gasteiger partial charge < -0.3 is 10.2 Å². The Morgan fingerprint density at radius 1 is 1.36 bits per heavy atom. The van der Waals surface area contributed by atoms with Crippen LogP contribution in [0.4, 0.5) is 0 Å². The van der Waals surface area contributed by atoms with Crippen molar-refractivity contribution in [3.8, 4) is 0 Å². The fraction of sp³-hybridized carbons (Fsp3) is 0.533. The second-order valence-electron chi connectivity index (χ2n) is 5.49. The fourth-order valence-corrected chi connectivity index (χ4v) is 2.36. The van der Waals surface area contributed by atoms with Crippen LogP contribution >= 0.6 is 12.2 Å². The lowest BCUT2D eigenvalue weighted by Gasteiger charge is -2.20. The fourth-order valence-electron chi connectivity index (χ4n) is 2.23. The topological polar surface area (TPSA) is 50.9 Å². The molecule has 0 saturated heterocycles. The number of hydrogen-bond acceptors (Lipinski definition) is 3. The summed E-state index contributed by atoms with van der Waals surface area (Å²) in [7, 11) is 3.94. The highest BCUT2D eigenvalue weighted by atomic mass is 32.1. The first kappa shape index (κ1) is 16.5. The molecule has 0 bridgehead atoms. The molecule has 22 heavy (non-hydrogen) atoms. The van der Waals surface area contributed by atoms with Gasteiger partial charge in [0.2, 0.25) is 0 Å². The molecule has 0 aliphatic heterocycles. The minimum Gasteiger partial charge on any atom is -0.358 e. The normalized spacial score (nSPS) is 10.8. The molecule has 6 nitrogen and oxygen atoms in total. The third-order valence-corrected chi connectivity index (χ3v) is 4.35. The quantitative estimate of drug-likeness (QED) is 0.851. The molecule has 2 aromatic heterocycles. The molecule has 0 fully saturated rings. The molecule has 2 aromatic rings. The molecule has 0 atom stereocenters. The van der Waals surface area contributed by atoms with E-state index in [2.05, 4.69) is 35.6 Å². The molecule has 0 aromatic carbocycles. The van der Waals surface area contributed by atoms with Crippen LogP contribution in [0.25, 0.3) is 0 Å². The standard InChI is InChI=1S/C15H24N6S/c1-6-21-10-13(11(2)18-21)7-16-15(22)19(4)9-14-8-17-20(5)12(14)3/h8,10H,6-7,9H2,1-5H3,(H,16,22). The summed E-state index contributed by atoms with van der Waals surface area (Å²) in [5.41, 5.74) is 4.57. The van der Waals surface area contributed by atoms with E-state index in [-0.39, 0.29) is 0 Å². The van der Waals surface area contributed by atoms with Gasteiger partial charge in [-0.3, -0.25) is 9.36 Å². The summed E-state index contributed by atoms with van der Waals surface area (Å²) < 4.78 is 3.82. The Bertz CT molecular complexity index is 657. The van der Waals surface area contributed by atoms with E-state index in [4.69, 9.17) is 12.2 Å². The van der Waals surface area contributed by atoms with Gasteiger partial charge in [0.15, 0.2) is 5.11 Å². The van der Waals surface area contributed by atoms with Gasteiger partial charge >= 0.3 is 0 Å². The lowest BCUT2D eigenvalue weighted by atomic mass is 10.2. The molecule has 0 radical (unpaired) electrons. The van der Waals surface area contributed by atoms with Crippen molar-refractivity contribution < 1.29 is 0 Å². The van der Waals surface area contributed by atoms with Crippen molar-refractivity contribution in [2.45, 2.75) is 40.4 Å². The molecule has 2 heterocycles. The molecule has 0 amide bonds. The van der Waals surface area contributed by atoms with E-state index in [1.165, 1.54) is 11.1 Å². The van der Waals surface area contributed by atoms with Crippen LogP contribution in [-0.4, -0.2) is 36.6 Å². The minimum atomic E-state index is 0.695. The maximum Gasteiger partial charge on any atom is 0.169 e. The molecular formula is C15H24N6S. The first-order chi connectivity index (χ1) is 10.4. The second kappa shape index (κ2) is 6.91. The summed E-state index contributed by atoms with van der Waals surface area (Å²) in [5, 5.41) is 12.7. The molecule has 0 spiro atoms. The summed E-state index contributed by atoms with van der Waals surface area (Å²) in [5.74, 6) is 0. The second-order valence-corrected chi connectivity index (χ2v) is 5.88. The van der Waals surface area contributed by atoms with Crippen LogP contribution in [-0.2, 0) is 26.7 Å². The highest BCUT2D eigenvalue weighted by Crippen LogP contribution is 2.09. The third-order valence-electron chi connectivity index (χ3n) is 3.89. The van der Waals surface area contributed by atoms with Crippen LogP contribution in [0.1, 0.15) is 29.4 Å². The molecule has 2 rings (SSSR count). The zero-order valence-electron chi connectivity index (χ0n) is 13.9. The van der Waals surface area contributed by atoms with Gasteiger partial charge in [0.1, 0.15) is 0 Å². The van der Waals surface area contributed by atoms with Crippen molar-refractivity contribution in [2.75, 3.05) is 7.05 Å². The zero-order chi connectivity index (χ0) is 16.3. The largest absolute Gasteiger partial charge is 0.358 e. The molecule has 7 heteroatoms. The number of thiocarbonyl (C=S) groups is 1. The van der Waals surface area contributed by atoms with Gasteiger partial charge in [0, 0.05) is 56.7 Å². The van der Waals surface area contributed by atoms with Crippen molar-refractivity contribution in [2.24, 2.45) is 7.05 Å². The summed E-state index contributed by atoms with van der Waals surface area (Å²) in [6, 6.07) is 0. The highest BCUT2D eigenvalue weighted by molar-refractivity contribution is 7.80.